The molecular weight excluding hydrogens is 188 g/mol. The summed E-state index contributed by atoms with van der Waals surface area (Å²) < 4.78 is 5.08. The van der Waals surface area contributed by atoms with Crippen LogP contribution in [0.5, 0.6) is 0 Å². The van der Waals surface area contributed by atoms with Crippen molar-refractivity contribution in [1.82, 2.24) is 10.2 Å². The molecule has 1 rings (SSSR count). The Labute approximate surface area is 81.8 Å². The Balaban J connectivity index is 2.28. The number of amides is 2. The maximum absolute atomic E-state index is 11.3. The summed E-state index contributed by atoms with van der Waals surface area (Å²) in [7, 11) is 1.60. The molecule has 0 aliphatic carbocycles. The smallest absolute Gasteiger partial charge is 0.323 e. The first-order valence-corrected chi connectivity index (χ1v) is 4.41. The van der Waals surface area contributed by atoms with Gasteiger partial charge in [-0.15, -0.1) is 0 Å². The van der Waals surface area contributed by atoms with Gasteiger partial charge in [-0.25, -0.2) is 4.79 Å². The van der Waals surface area contributed by atoms with E-state index >= 15 is 0 Å². The molecule has 6 heteroatoms. The van der Waals surface area contributed by atoms with Gasteiger partial charge in [0.2, 0.25) is 0 Å². The van der Waals surface area contributed by atoms with E-state index in [2.05, 4.69) is 5.32 Å². The number of aliphatic carboxylic acids is 1. The lowest BCUT2D eigenvalue weighted by atomic mass is 10.3. The molecular formula is C8H14N2O4. The first-order chi connectivity index (χ1) is 6.63. The molecule has 1 aliphatic rings. The summed E-state index contributed by atoms with van der Waals surface area (Å²) in [5.74, 6) is -1.04. The molecule has 2 amide bonds. The molecule has 1 unspecified atom stereocenters. The van der Waals surface area contributed by atoms with Gasteiger partial charge in [0, 0.05) is 20.2 Å². The Kier molecular flexibility index (Phi) is 3.70. The third-order valence-electron chi connectivity index (χ3n) is 2.16. The number of carboxylic acid groups (broad SMARTS) is 1. The second kappa shape index (κ2) is 4.80. The van der Waals surface area contributed by atoms with E-state index in [0.717, 1.165) is 6.42 Å². The van der Waals surface area contributed by atoms with E-state index in [9.17, 15) is 9.59 Å². The molecule has 1 atom stereocenters. The average Bonchev–Trinajstić information content (AvgIpc) is 2.62. The molecule has 1 aliphatic heterocycles. The van der Waals surface area contributed by atoms with Gasteiger partial charge in [0.1, 0.15) is 6.54 Å². The van der Waals surface area contributed by atoms with Gasteiger partial charge in [0.25, 0.3) is 0 Å². The van der Waals surface area contributed by atoms with Crippen LogP contribution in [0.2, 0.25) is 0 Å². The number of carboxylic acids is 1. The minimum atomic E-state index is -1.04. The van der Waals surface area contributed by atoms with Crippen LogP contribution in [0.3, 0.4) is 0 Å². The summed E-state index contributed by atoms with van der Waals surface area (Å²) in [6, 6.07) is -0.341. The van der Waals surface area contributed by atoms with Crippen LogP contribution < -0.4 is 5.32 Å². The second-order valence-electron chi connectivity index (χ2n) is 3.14. The number of carbonyl (C=O) groups is 2. The Morgan fingerprint density at radius 3 is 2.86 bits per heavy atom. The Hall–Kier alpha value is -1.30. The number of carbonyl (C=O) groups excluding carboxylic acids is 1. The van der Waals surface area contributed by atoms with Gasteiger partial charge in [-0.1, -0.05) is 0 Å². The Morgan fingerprint density at radius 2 is 2.36 bits per heavy atom. The maximum atomic E-state index is 11.3. The molecule has 14 heavy (non-hydrogen) atoms. The van der Waals surface area contributed by atoms with Crippen molar-refractivity contribution in [3.8, 4) is 0 Å². The highest BCUT2D eigenvalue weighted by Gasteiger charge is 2.25. The van der Waals surface area contributed by atoms with Crippen LogP contribution in [0.4, 0.5) is 4.79 Å². The van der Waals surface area contributed by atoms with E-state index in [-0.39, 0.29) is 18.7 Å². The molecule has 6 nitrogen and oxygen atoms in total. The summed E-state index contributed by atoms with van der Waals surface area (Å²) in [6.07, 6.45) is 0.877. The van der Waals surface area contributed by atoms with Gasteiger partial charge in [0.15, 0.2) is 0 Å². The fourth-order valence-corrected chi connectivity index (χ4v) is 1.37. The number of urea groups is 1. The van der Waals surface area contributed by atoms with Crippen molar-refractivity contribution in [3.63, 3.8) is 0 Å². The van der Waals surface area contributed by atoms with Crippen molar-refractivity contribution in [1.29, 1.82) is 0 Å². The van der Waals surface area contributed by atoms with Crippen molar-refractivity contribution in [2.75, 3.05) is 26.7 Å². The molecule has 1 heterocycles. The number of methoxy groups -OCH3 is 1. The van der Waals surface area contributed by atoms with E-state index in [1.165, 1.54) is 0 Å². The molecule has 0 aromatic heterocycles. The van der Waals surface area contributed by atoms with Crippen LogP contribution in [0, 0.1) is 0 Å². The Morgan fingerprint density at radius 1 is 1.64 bits per heavy atom. The minimum absolute atomic E-state index is 0.0746. The molecule has 0 spiro atoms. The fraction of sp³-hybridized carbons (Fsp3) is 0.750. The molecule has 0 saturated carbocycles. The summed E-state index contributed by atoms with van der Waals surface area (Å²) >= 11 is 0. The molecule has 2 N–H and O–H groups in total. The molecule has 0 aromatic rings. The lowest BCUT2D eigenvalue weighted by Crippen LogP contribution is -2.41. The number of hydrogen-bond donors (Lipinski definition) is 2. The molecule has 1 saturated heterocycles. The van der Waals surface area contributed by atoms with E-state index in [0.29, 0.717) is 13.1 Å². The molecule has 80 valence electrons. The van der Waals surface area contributed by atoms with Gasteiger partial charge < -0.3 is 20.1 Å². The molecule has 0 radical (unpaired) electrons. The second-order valence-corrected chi connectivity index (χ2v) is 3.14. The standard InChI is InChI=1S/C8H14N2O4/c1-14-6-2-3-10(5-6)8(13)9-4-7(11)12/h6H,2-5H2,1H3,(H,9,13)(H,11,12). The first-order valence-electron chi connectivity index (χ1n) is 4.41. The van der Waals surface area contributed by atoms with E-state index in [1.807, 2.05) is 0 Å². The summed E-state index contributed by atoms with van der Waals surface area (Å²) in [4.78, 5) is 23.0. The van der Waals surface area contributed by atoms with Crippen molar-refractivity contribution in [3.05, 3.63) is 0 Å². The SMILES string of the molecule is COC1CCN(C(=O)NCC(=O)O)C1. The quantitative estimate of drug-likeness (QED) is 0.646. The normalized spacial score (nSPS) is 20.9. The lowest BCUT2D eigenvalue weighted by molar-refractivity contribution is -0.135. The number of ether oxygens (including phenoxy) is 1. The third kappa shape index (κ3) is 2.88. The molecule has 0 aromatic carbocycles. The van der Waals surface area contributed by atoms with Crippen molar-refractivity contribution < 1.29 is 19.4 Å². The van der Waals surface area contributed by atoms with Crippen LogP contribution in [0.25, 0.3) is 0 Å². The lowest BCUT2D eigenvalue weighted by Gasteiger charge is -2.15. The highest BCUT2D eigenvalue weighted by Crippen LogP contribution is 2.11. The molecule has 1 fully saturated rings. The zero-order chi connectivity index (χ0) is 10.6. The van der Waals surface area contributed by atoms with Crippen LogP contribution in [0.1, 0.15) is 6.42 Å². The van der Waals surface area contributed by atoms with Crippen LogP contribution >= 0.6 is 0 Å². The zero-order valence-corrected chi connectivity index (χ0v) is 8.02. The Bertz CT molecular complexity index is 231. The maximum Gasteiger partial charge on any atom is 0.323 e. The van der Waals surface area contributed by atoms with Crippen LogP contribution in [-0.4, -0.2) is 54.9 Å². The van der Waals surface area contributed by atoms with E-state index in [1.54, 1.807) is 12.0 Å². The van der Waals surface area contributed by atoms with E-state index < -0.39 is 5.97 Å². The number of hydrogen-bond acceptors (Lipinski definition) is 3. The van der Waals surface area contributed by atoms with Gasteiger partial charge in [-0.3, -0.25) is 4.79 Å². The summed E-state index contributed by atoms with van der Waals surface area (Å²) in [5, 5.41) is 10.6. The van der Waals surface area contributed by atoms with Crippen molar-refractivity contribution in [2.45, 2.75) is 12.5 Å². The average molecular weight is 202 g/mol. The summed E-state index contributed by atoms with van der Waals surface area (Å²) in [6.45, 7) is 0.804. The number of nitrogens with one attached hydrogen (secondary N) is 1. The fourth-order valence-electron chi connectivity index (χ4n) is 1.37. The number of likely N-dealkylation sites (tertiary alicyclic amines) is 1. The minimum Gasteiger partial charge on any atom is -0.480 e. The highest BCUT2D eigenvalue weighted by atomic mass is 16.5. The highest BCUT2D eigenvalue weighted by molar-refractivity contribution is 5.80. The third-order valence-corrected chi connectivity index (χ3v) is 2.16. The van der Waals surface area contributed by atoms with Gasteiger partial charge in [0.05, 0.1) is 6.10 Å². The van der Waals surface area contributed by atoms with Gasteiger partial charge in [-0.05, 0) is 6.42 Å². The number of nitrogens with zero attached hydrogens (tertiary/aromatic N) is 1. The summed E-state index contributed by atoms with van der Waals surface area (Å²) in [5.41, 5.74) is 0. The van der Waals surface area contributed by atoms with E-state index in [4.69, 9.17) is 9.84 Å². The topological polar surface area (TPSA) is 78.9 Å². The van der Waals surface area contributed by atoms with Crippen molar-refractivity contribution in [2.24, 2.45) is 0 Å². The monoisotopic (exact) mass is 202 g/mol. The van der Waals surface area contributed by atoms with Crippen LogP contribution in [0.15, 0.2) is 0 Å². The number of rotatable bonds is 3. The van der Waals surface area contributed by atoms with Gasteiger partial charge >= 0.3 is 12.0 Å². The first kappa shape index (κ1) is 10.8. The van der Waals surface area contributed by atoms with Gasteiger partial charge in [-0.2, -0.15) is 0 Å². The predicted octanol–water partition coefficient (Wildman–Crippen LogP) is -0.499. The predicted molar refractivity (Wildman–Crippen MR) is 48.0 cm³/mol. The van der Waals surface area contributed by atoms with Crippen LogP contribution in [-0.2, 0) is 9.53 Å². The molecule has 0 bridgehead atoms. The van der Waals surface area contributed by atoms with Crippen molar-refractivity contribution >= 4 is 12.0 Å². The largest absolute Gasteiger partial charge is 0.480 e. The zero-order valence-electron chi connectivity index (χ0n) is 8.02.